The smallest absolute Gasteiger partial charge is 0.302 e. The molecular formula is C6H9N3O2S. The lowest BCUT2D eigenvalue weighted by molar-refractivity contribution is -0.518. The molecule has 0 saturated carbocycles. The molecule has 0 bridgehead atoms. The van der Waals surface area contributed by atoms with E-state index >= 15 is 0 Å². The van der Waals surface area contributed by atoms with E-state index in [1.807, 2.05) is 16.8 Å². The highest BCUT2D eigenvalue weighted by Crippen LogP contribution is 2.22. The molecule has 1 unspecified atom stereocenters. The number of thioether (sulfide) groups is 1. The first-order valence-corrected chi connectivity index (χ1v) is 4.88. The van der Waals surface area contributed by atoms with Crippen LogP contribution in [-0.4, -0.2) is 34.1 Å². The molecule has 0 aromatic carbocycles. The van der Waals surface area contributed by atoms with Gasteiger partial charge in [-0.2, -0.15) is 17.2 Å². The van der Waals surface area contributed by atoms with Gasteiger partial charge in [0, 0.05) is 34.7 Å². The van der Waals surface area contributed by atoms with Crippen LogP contribution in [0.1, 0.15) is 0 Å². The van der Waals surface area contributed by atoms with Crippen LogP contribution in [-0.2, 0) is 0 Å². The molecule has 0 radical (unpaired) electrons. The SMILES string of the molecule is O=[N+]([O-])C1C=C2CSCCN2N1. The van der Waals surface area contributed by atoms with Crippen LogP contribution >= 0.6 is 11.8 Å². The van der Waals surface area contributed by atoms with Crippen LogP contribution in [0.15, 0.2) is 11.8 Å². The normalized spacial score (nSPS) is 28.2. The van der Waals surface area contributed by atoms with E-state index in [0.29, 0.717) is 0 Å². The predicted octanol–water partition coefficient (Wildman–Crippen LogP) is 0.0401. The lowest BCUT2D eigenvalue weighted by atomic mass is 10.4. The van der Waals surface area contributed by atoms with Crippen LogP contribution in [0.3, 0.4) is 0 Å². The maximum atomic E-state index is 10.4. The van der Waals surface area contributed by atoms with Gasteiger partial charge in [0.2, 0.25) is 0 Å². The Bertz CT molecular complexity index is 243. The second kappa shape index (κ2) is 2.95. The van der Waals surface area contributed by atoms with Gasteiger partial charge in [-0.3, -0.25) is 10.1 Å². The number of hydrogen-bond donors (Lipinski definition) is 1. The molecule has 0 aliphatic carbocycles. The van der Waals surface area contributed by atoms with Crippen molar-refractivity contribution in [3.8, 4) is 0 Å². The van der Waals surface area contributed by atoms with Crippen molar-refractivity contribution in [3.63, 3.8) is 0 Å². The van der Waals surface area contributed by atoms with Crippen LogP contribution in [0.25, 0.3) is 0 Å². The van der Waals surface area contributed by atoms with E-state index < -0.39 is 6.17 Å². The zero-order valence-corrected chi connectivity index (χ0v) is 7.21. The zero-order valence-electron chi connectivity index (χ0n) is 6.40. The highest BCUT2D eigenvalue weighted by atomic mass is 32.2. The molecule has 2 heterocycles. The number of fused-ring (bicyclic) bond motifs is 1. The summed E-state index contributed by atoms with van der Waals surface area (Å²) in [4.78, 5) is 10.1. The Morgan fingerprint density at radius 3 is 3.33 bits per heavy atom. The third-order valence-electron chi connectivity index (χ3n) is 1.92. The van der Waals surface area contributed by atoms with Crippen molar-refractivity contribution in [3.05, 3.63) is 21.9 Å². The summed E-state index contributed by atoms with van der Waals surface area (Å²) in [5, 5.41) is 12.3. The molecule has 1 N–H and O–H groups in total. The molecule has 2 rings (SSSR count). The molecule has 2 aliphatic rings. The van der Waals surface area contributed by atoms with Crippen molar-refractivity contribution < 1.29 is 4.92 Å². The van der Waals surface area contributed by atoms with E-state index in [9.17, 15) is 10.1 Å². The Labute approximate surface area is 73.9 Å². The van der Waals surface area contributed by atoms with E-state index in [1.165, 1.54) is 0 Å². The van der Waals surface area contributed by atoms with Gasteiger partial charge in [-0.1, -0.05) is 0 Å². The van der Waals surface area contributed by atoms with Gasteiger partial charge in [0.05, 0.1) is 0 Å². The monoisotopic (exact) mass is 187 g/mol. The second-order valence-corrected chi connectivity index (χ2v) is 3.83. The van der Waals surface area contributed by atoms with E-state index in [0.717, 1.165) is 23.7 Å². The lowest BCUT2D eigenvalue weighted by Gasteiger charge is -2.25. The fourth-order valence-electron chi connectivity index (χ4n) is 1.33. The van der Waals surface area contributed by atoms with Crippen molar-refractivity contribution in [2.45, 2.75) is 6.17 Å². The van der Waals surface area contributed by atoms with Gasteiger partial charge in [0.1, 0.15) is 0 Å². The van der Waals surface area contributed by atoms with Gasteiger partial charge < -0.3 is 5.01 Å². The van der Waals surface area contributed by atoms with E-state index in [1.54, 1.807) is 6.08 Å². The summed E-state index contributed by atoms with van der Waals surface area (Å²) in [6.45, 7) is 0.862. The average molecular weight is 187 g/mol. The van der Waals surface area contributed by atoms with Crippen molar-refractivity contribution in [1.82, 2.24) is 10.4 Å². The fourth-order valence-corrected chi connectivity index (χ4v) is 2.24. The minimum Gasteiger partial charge on any atom is -0.305 e. The van der Waals surface area contributed by atoms with Gasteiger partial charge in [0.15, 0.2) is 0 Å². The minimum absolute atomic E-state index is 0.310. The molecule has 0 aromatic rings. The summed E-state index contributed by atoms with van der Waals surface area (Å²) in [5.41, 5.74) is 3.87. The van der Waals surface area contributed by atoms with Gasteiger partial charge in [-0.05, 0) is 0 Å². The van der Waals surface area contributed by atoms with E-state index in [2.05, 4.69) is 5.43 Å². The number of nitrogens with zero attached hydrogens (tertiary/aromatic N) is 2. The number of nitro groups is 1. The number of hydrazine groups is 1. The van der Waals surface area contributed by atoms with Crippen LogP contribution in [0.4, 0.5) is 0 Å². The first-order valence-electron chi connectivity index (χ1n) is 3.73. The molecule has 1 atom stereocenters. The summed E-state index contributed by atoms with van der Waals surface area (Å²) in [6, 6.07) is 0. The summed E-state index contributed by atoms with van der Waals surface area (Å²) in [5.74, 6) is 1.92. The first kappa shape index (κ1) is 7.88. The third-order valence-corrected chi connectivity index (χ3v) is 2.89. The zero-order chi connectivity index (χ0) is 8.55. The summed E-state index contributed by atoms with van der Waals surface area (Å²) < 4.78 is 0. The Hall–Kier alpha value is -0.750. The average Bonchev–Trinajstić information content (AvgIpc) is 2.46. The van der Waals surface area contributed by atoms with Crippen molar-refractivity contribution in [1.29, 1.82) is 0 Å². The Balaban J connectivity index is 2.09. The number of hydrogen-bond acceptors (Lipinski definition) is 5. The summed E-state index contributed by atoms with van der Waals surface area (Å²) in [6.07, 6.45) is 0.977. The highest BCUT2D eigenvalue weighted by molar-refractivity contribution is 7.99. The molecule has 0 spiro atoms. The predicted molar refractivity (Wildman–Crippen MR) is 46.0 cm³/mol. The standard InChI is InChI=1S/C6H9N3O2S/c10-9(11)6-3-5-4-12-2-1-8(5)7-6/h3,6-7H,1-2,4H2. The maximum Gasteiger partial charge on any atom is 0.302 e. The Morgan fingerprint density at radius 1 is 1.83 bits per heavy atom. The van der Waals surface area contributed by atoms with Crippen LogP contribution in [0.2, 0.25) is 0 Å². The molecule has 5 nitrogen and oxygen atoms in total. The number of rotatable bonds is 1. The van der Waals surface area contributed by atoms with Crippen LogP contribution in [0, 0.1) is 10.1 Å². The first-order chi connectivity index (χ1) is 5.77. The molecule has 1 saturated heterocycles. The van der Waals surface area contributed by atoms with Crippen LogP contribution in [0.5, 0.6) is 0 Å². The van der Waals surface area contributed by atoms with Crippen LogP contribution < -0.4 is 5.43 Å². The van der Waals surface area contributed by atoms with Gasteiger partial charge in [-0.25, -0.2) is 0 Å². The fraction of sp³-hybridized carbons (Fsp3) is 0.667. The topological polar surface area (TPSA) is 58.4 Å². The Morgan fingerprint density at radius 2 is 2.67 bits per heavy atom. The second-order valence-electron chi connectivity index (χ2n) is 2.72. The van der Waals surface area contributed by atoms with Crippen molar-refractivity contribution in [2.24, 2.45) is 0 Å². The summed E-state index contributed by atoms with van der Waals surface area (Å²) >= 11 is 1.81. The summed E-state index contributed by atoms with van der Waals surface area (Å²) in [7, 11) is 0. The Kier molecular flexibility index (Phi) is 1.93. The van der Waals surface area contributed by atoms with Crippen molar-refractivity contribution >= 4 is 11.8 Å². The highest BCUT2D eigenvalue weighted by Gasteiger charge is 2.31. The van der Waals surface area contributed by atoms with E-state index in [4.69, 9.17) is 0 Å². The van der Waals surface area contributed by atoms with Crippen molar-refractivity contribution in [2.75, 3.05) is 18.1 Å². The molecule has 0 amide bonds. The van der Waals surface area contributed by atoms with E-state index in [-0.39, 0.29) is 4.92 Å². The van der Waals surface area contributed by atoms with Gasteiger partial charge in [-0.15, -0.1) is 0 Å². The van der Waals surface area contributed by atoms with Gasteiger partial charge in [0.25, 0.3) is 0 Å². The lowest BCUT2D eigenvalue weighted by Crippen LogP contribution is -2.43. The molecule has 2 aliphatic heterocycles. The molecule has 0 aromatic heterocycles. The maximum absolute atomic E-state index is 10.4. The number of nitrogens with one attached hydrogen (secondary N) is 1. The van der Waals surface area contributed by atoms with Gasteiger partial charge >= 0.3 is 6.17 Å². The third kappa shape index (κ3) is 1.27. The largest absolute Gasteiger partial charge is 0.305 e. The molecule has 66 valence electrons. The molecule has 12 heavy (non-hydrogen) atoms. The quantitative estimate of drug-likeness (QED) is 0.464. The molecule has 6 heteroatoms. The molecular weight excluding hydrogens is 178 g/mol. The minimum atomic E-state index is -0.710. The molecule has 1 fully saturated rings.